The summed E-state index contributed by atoms with van der Waals surface area (Å²) in [4.78, 5) is 75.8. The minimum atomic E-state index is -0.756. The van der Waals surface area contributed by atoms with Gasteiger partial charge in [0.25, 0.3) is 5.91 Å². The fourth-order valence-corrected chi connectivity index (χ4v) is 5.59. The highest BCUT2D eigenvalue weighted by molar-refractivity contribution is 6.06. The van der Waals surface area contributed by atoms with Crippen molar-refractivity contribution in [2.24, 2.45) is 5.92 Å². The van der Waals surface area contributed by atoms with Crippen molar-refractivity contribution in [3.63, 3.8) is 0 Å². The van der Waals surface area contributed by atoms with E-state index in [1.54, 1.807) is 23.1 Å². The molecule has 2 heterocycles. The number of carbonyl (C=O) groups excluding carboxylic acids is 6. The van der Waals surface area contributed by atoms with Gasteiger partial charge in [0, 0.05) is 57.3 Å². The summed E-state index contributed by atoms with van der Waals surface area (Å²) in [5.41, 5.74) is 0.665. The van der Waals surface area contributed by atoms with Crippen LogP contribution in [0.15, 0.2) is 18.2 Å². The summed E-state index contributed by atoms with van der Waals surface area (Å²) in [6.45, 7) is 8.11. The van der Waals surface area contributed by atoms with Gasteiger partial charge in [-0.05, 0) is 70.6 Å². The van der Waals surface area contributed by atoms with Crippen molar-refractivity contribution in [2.75, 3.05) is 38.5 Å². The lowest BCUT2D eigenvalue weighted by Crippen LogP contribution is -2.53. The summed E-state index contributed by atoms with van der Waals surface area (Å²) in [6, 6.07) is 4.21. The van der Waals surface area contributed by atoms with Crippen molar-refractivity contribution in [1.29, 1.82) is 0 Å². The predicted octanol–water partition coefficient (Wildman–Crippen LogP) is 3.89. The fourth-order valence-electron chi connectivity index (χ4n) is 5.59. The number of likely N-dealkylation sites (tertiary alicyclic amines) is 1. The Kier molecular flexibility index (Phi) is 13.4. The first-order valence-corrected chi connectivity index (χ1v) is 16.1. The zero-order valence-corrected chi connectivity index (χ0v) is 27.1. The van der Waals surface area contributed by atoms with Gasteiger partial charge in [-0.1, -0.05) is 25.7 Å². The van der Waals surface area contributed by atoms with Gasteiger partial charge < -0.3 is 25.2 Å². The number of nitrogens with one attached hydrogen (secondary N) is 3. The lowest BCUT2D eigenvalue weighted by Gasteiger charge is -2.30. The highest BCUT2D eigenvalue weighted by Crippen LogP contribution is 2.22. The van der Waals surface area contributed by atoms with Crippen molar-refractivity contribution in [3.8, 4) is 0 Å². The van der Waals surface area contributed by atoms with E-state index in [1.165, 1.54) is 11.9 Å². The van der Waals surface area contributed by atoms with Gasteiger partial charge in [-0.25, -0.2) is 4.79 Å². The molecular formula is C33H49N5O7. The van der Waals surface area contributed by atoms with Crippen LogP contribution in [0.3, 0.4) is 0 Å². The molecule has 0 aromatic heterocycles. The molecule has 2 aliphatic heterocycles. The molecule has 248 valence electrons. The molecule has 5 amide bonds. The lowest BCUT2D eigenvalue weighted by molar-refractivity contribution is -0.136. The number of ether oxygens (including phenoxy) is 1. The van der Waals surface area contributed by atoms with E-state index in [0.29, 0.717) is 32.3 Å². The summed E-state index contributed by atoms with van der Waals surface area (Å²) in [5, 5.41) is 8.55. The zero-order valence-electron chi connectivity index (χ0n) is 27.1. The molecule has 1 aromatic rings. The summed E-state index contributed by atoms with van der Waals surface area (Å²) in [6.07, 6.45) is 8.10. The number of piperidine rings is 1. The quantitative estimate of drug-likeness (QED) is 0.150. The number of hydrogen-bond donors (Lipinski definition) is 3. The van der Waals surface area contributed by atoms with Gasteiger partial charge in [-0.2, -0.15) is 0 Å². The second-order valence-corrected chi connectivity index (χ2v) is 13.0. The average Bonchev–Trinajstić information content (AvgIpc) is 3.45. The Bertz CT molecular complexity index is 1230. The number of amides is 5. The molecule has 2 atom stereocenters. The number of hydrogen-bond acceptors (Lipinski definition) is 8. The summed E-state index contributed by atoms with van der Waals surface area (Å²) >= 11 is 0. The Morgan fingerprint density at radius 1 is 1.04 bits per heavy atom. The third kappa shape index (κ3) is 11.5. The Labute approximate surface area is 266 Å². The lowest BCUT2D eigenvalue weighted by atomic mass is 10.0. The molecule has 2 unspecified atom stereocenters. The molecule has 0 radical (unpaired) electrons. The van der Waals surface area contributed by atoms with Crippen LogP contribution in [-0.4, -0.2) is 90.7 Å². The molecule has 2 fully saturated rings. The standard InChI is InChI=1S/C33H49N5O7/c1-33(2,3)45-32(44)38-18-15-23(21-38)19-29(41)35-17-10-8-6-5-7-9-16-34-25-11-12-26(24(20-25)22-39)31(43)37(4)27-13-14-28(40)36-30(27)42/h11-12,20,22-23,27,34H,5-10,13-19,21H2,1-4H3,(H,35,41)(H,36,40,42). The SMILES string of the molecule is CN(C(=O)c1ccc(NCCCCCCCCNC(=O)CC2CCN(C(=O)OC(C)(C)C)C2)cc1C=O)C1CCC(=O)NC1=O. The van der Waals surface area contributed by atoms with Crippen LogP contribution in [0.5, 0.6) is 0 Å². The average molecular weight is 628 g/mol. The number of benzene rings is 1. The Morgan fingerprint density at radius 3 is 2.40 bits per heavy atom. The van der Waals surface area contributed by atoms with E-state index in [0.717, 1.165) is 57.2 Å². The van der Waals surface area contributed by atoms with Crippen LogP contribution < -0.4 is 16.0 Å². The summed E-state index contributed by atoms with van der Waals surface area (Å²) in [7, 11) is 1.50. The van der Waals surface area contributed by atoms with Crippen LogP contribution in [-0.2, 0) is 19.1 Å². The van der Waals surface area contributed by atoms with Crippen molar-refractivity contribution >= 4 is 41.7 Å². The second-order valence-electron chi connectivity index (χ2n) is 13.0. The minimum Gasteiger partial charge on any atom is -0.444 e. The molecule has 1 aromatic carbocycles. The maximum absolute atomic E-state index is 13.0. The van der Waals surface area contributed by atoms with E-state index in [9.17, 15) is 28.8 Å². The molecule has 2 saturated heterocycles. The van der Waals surface area contributed by atoms with Crippen molar-refractivity contribution in [2.45, 2.75) is 96.6 Å². The van der Waals surface area contributed by atoms with Gasteiger partial charge in [-0.3, -0.25) is 29.3 Å². The molecular weight excluding hydrogens is 578 g/mol. The van der Waals surface area contributed by atoms with E-state index < -0.39 is 23.5 Å². The number of carbonyl (C=O) groups is 6. The molecule has 0 bridgehead atoms. The van der Waals surface area contributed by atoms with Crippen molar-refractivity contribution in [1.82, 2.24) is 20.4 Å². The van der Waals surface area contributed by atoms with Crippen LogP contribution >= 0.6 is 0 Å². The first-order valence-electron chi connectivity index (χ1n) is 16.1. The van der Waals surface area contributed by atoms with E-state index in [-0.39, 0.29) is 47.8 Å². The smallest absolute Gasteiger partial charge is 0.410 e. The first kappa shape index (κ1) is 35.5. The number of likely N-dealkylation sites (N-methyl/N-ethyl adjacent to an activating group) is 1. The van der Waals surface area contributed by atoms with E-state index in [2.05, 4.69) is 16.0 Å². The van der Waals surface area contributed by atoms with Crippen LogP contribution in [0, 0.1) is 5.92 Å². The van der Waals surface area contributed by atoms with E-state index in [1.807, 2.05) is 20.8 Å². The number of aldehydes is 1. The van der Waals surface area contributed by atoms with Gasteiger partial charge in [0.05, 0.1) is 5.56 Å². The molecule has 0 spiro atoms. The normalized spacial score (nSPS) is 18.3. The molecule has 45 heavy (non-hydrogen) atoms. The van der Waals surface area contributed by atoms with Crippen LogP contribution in [0.4, 0.5) is 10.5 Å². The van der Waals surface area contributed by atoms with Gasteiger partial charge in [-0.15, -0.1) is 0 Å². The Morgan fingerprint density at radius 2 is 1.73 bits per heavy atom. The van der Waals surface area contributed by atoms with Crippen LogP contribution in [0.2, 0.25) is 0 Å². The maximum atomic E-state index is 13.0. The molecule has 0 aliphatic carbocycles. The molecule has 0 saturated carbocycles. The second kappa shape index (κ2) is 16.9. The molecule has 12 heteroatoms. The maximum Gasteiger partial charge on any atom is 0.410 e. The van der Waals surface area contributed by atoms with Crippen molar-refractivity contribution in [3.05, 3.63) is 29.3 Å². The number of nitrogens with zero attached hydrogens (tertiary/aromatic N) is 2. The monoisotopic (exact) mass is 627 g/mol. The molecule has 2 aliphatic rings. The van der Waals surface area contributed by atoms with Gasteiger partial charge >= 0.3 is 6.09 Å². The molecule has 12 nitrogen and oxygen atoms in total. The number of rotatable bonds is 15. The molecule has 3 rings (SSSR count). The van der Waals surface area contributed by atoms with Crippen molar-refractivity contribution < 1.29 is 33.5 Å². The topological polar surface area (TPSA) is 154 Å². The number of anilines is 1. The zero-order chi connectivity index (χ0) is 33.0. The van der Waals surface area contributed by atoms with Gasteiger partial charge in [0.2, 0.25) is 17.7 Å². The first-order chi connectivity index (χ1) is 21.4. The highest BCUT2D eigenvalue weighted by atomic mass is 16.6. The third-order valence-corrected chi connectivity index (χ3v) is 8.07. The van der Waals surface area contributed by atoms with Crippen LogP contribution in [0.1, 0.15) is 106 Å². The summed E-state index contributed by atoms with van der Waals surface area (Å²) < 4.78 is 5.42. The van der Waals surface area contributed by atoms with Gasteiger partial charge in [0.15, 0.2) is 6.29 Å². The Hall–Kier alpha value is -3.96. The summed E-state index contributed by atoms with van der Waals surface area (Å²) in [5.74, 6) is -1.10. The number of imide groups is 1. The van der Waals surface area contributed by atoms with E-state index >= 15 is 0 Å². The van der Waals surface area contributed by atoms with Crippen LogP contribution in [0.25, 0.3) is 0 Å². The minimum absolute atomic E-state index is 0.0357. The predicted molar refractivity (Wildman–Crippen MR) is 170 cm³/mol. The Balaban J connectivity index is 1.25. The highest BCUT2D eigenvalue weighted by Gasteiger charge is 2.33. The largest absolute Gasteiger partial charge is 0.444 e. The number of unbranched alkanes of at least 4 members (excludes halogenated alkanes) is 5. The molecule has 3 N–H and O–H groups in total. The van der Waals surface area contributed by atoms with Gasteiger partial charge in [0.1, 0.15) is 11.6 Å². The van der Waals surface area contributed by atoms with E-state index in [4.69, 9.17) is 4.74 Å². The third-order valence-electron chi connectivity index (χ3n) is 8.07. The fraction of sp³-hybridized carbons (Fsp3) is 0.636.